The number of anilines is 1. The zero-order valence-corrected chi connectivity index (χ0v) is 14.0. The van der Waals surface area contributed by atoms with Crippen molar-refractivity contribution in [3.05, 3.63) is 29.8 Å². The molecule has 4 heteroatoms. The SMILES string of the molecule is CC(C)CC[C@@H](O)[C@@H](N)c1ccc(N2CCCC2)cc1.Cl. The molecular formula is C17H29ClN2O. The summed E-state index contributed by atoms with van der Waals surface area (Å²) in [6.45, 7) is 6.65. The number of rotatable bonds is 6. The molecule has 3 N–H and O–H groups in total. The van der Waals surface area contributed by atoms with Crippen molar-refractivity contribution in [2.75, 3.05) is 18.0 Å². The number of nitrogens with two attached hydrogens (primary N) is 1. The normalized spacial score (nSPS) is 17.7. The summed E-state index contributed by atoms with van der Waals surface area (Å²) < 4.78 is 0. The number of benzene rings is 1. The van der Waals surface area contributed by atoms with Gasteiger partial charge in [0.25, 0.3) is 0 Å². The number of nitrogens with zero attached hydrogens (tertiary/aromatic N) is 1. The van der Waals surface area contributed by atoms with Gasteiger partial charge in [-0.05, 0) is 49.3 Å². The van der Waals surface area contributed by atoms with Crippen molar-refractivity contribution < 1.29 is 5.11 Å². The summed E-state index contributed by atoms with van der Waals surface area (Å²) in [5.41, 5.74) is 8.47. The molecule has 120 valence electrons. The fraction of sp³-hybridized carbons (Fsp3) is 0.647. The molecule has 1 aliphatic rings. The van der Waals surface area contributed by atoms with Crippen LogP contribution in [0.2, 0.25) is 0 Å². The van der Waals surface area contributed by atoms with Crippen LogP contribution in [0.15, 0.2) is 24.3 Å². The maximum absolute atomic E-state index is 10.2. The van der Waals surface area contributed by atoms with Crippen LogP contribution in [0.3, 0.4) is 0 Å². The molecule has 0 spiro atoms. The van der Waals surface area contributed by atoms with Gasteiger partial charge >= 0.3 is 0 Å². The lowest BCUT2D eigenvalue weighted by Crippen LogP contribution is -2.26. The van der Waals surface area contributed by atoms with E-state index in [2.05, 4.69) is 43.0 Å². The van der Waals surface area contributed by atoms with Crippen LogP contribution < -0.4 is 10.6 Å². The number of hydrogen-bond acceptors (Lipinski definition) is 3. The molecule has 1 aliphatic heterocycles. The van der Waals surface area contributed by atoms with E-state index in [1.807, 2.05) is 0 Å². The molecule has 1 aromatic carbocycles. The van der Waals surface area contributed by atoms with Gasteiger partial charge in [0.15, 0.2) is 0 Å². The molecule has 0 unspecified atom stereocenters. The zero-order valence-electron chi connectivity index (χ0n) is 13.2. The van der Waals surface area contributed by atoms with Gasteiger partial charge in [-0.3, -0.25) is 0 Å². The molecule has 1 aromatic rings. The van der Waals surface area contributed by atoms with Gasteiger partial charge < -0.3 is 15.7 Å². The van der Waals surface area contributed by atoms with E-state index in [1.54, 1.807) is 0 Å². The van der Waals surface area contributed by atoms with Crippen LogP contribution in [0, 0.1) is 5.92 Å². The Bertz CT molecular complexity index is 402. The van der Waals surface area contributed by atoms with E-state index in [-0.39, 0.29) is 18.4 Å². The number of aliphatic hydroxyl groups excluding tert-OH is 1. The highest BCUT2D eigenvalue weighted by Gasteiger charge is 2.18. The van der Waals surface area contributed by atoms with Gasteiger partial charge in [-0.15, -0.1) is 12.4 Å². The molecule has 2 rings (SSSR count). The van der Waals surface area contributed by atoms with Gasteiger partial charge in [0.2, 0.25) is 0 Å². The molecule has 0 aliphatic carbocycles. The van der Waals surface area contributed by atoms with Crippen LogP contribution >= 0.6 is 12.4 Å². The molecule has 21 heavy (non-hydrogen) atoms. The third-order valence-electron chi connectivity index (χ3n) is 4.20. The number of aliphatic hydroxyl groups is 1. The molecular weight excluding hydrogens is 284 g/mol. The van der Waals surface area contributed by atoms with E-state index >= 15 is 0 Å². The molecule has 0 radical (unpaired) electrons. The lowest BCUT2D eigenvalue weighted by Gasteiger charge is -2.22. The first-order chi connectivity index (χ1) is 9.58. The van der Waals surface area contributed by atoms with E-state index < -0.39 is 6.10 Å². The highest BCUT2D eigenvalue weighted by molar-refractivity contribution is 5.85. The largest absolute Gasteiger partial charge is 0.391 e. The maximum atomic E-state index is 10.2. The van der Waals surface area contributed by atoms with Crippen molar-refractivity contribution in [3.63, 3.8) is 0 Å². The summed E-state index contributed by atoms with van der Waals surface area (Å²) in [6, 6.07) is 8.13. The smallest absolute Gasteiger partial charge is 0.0732 e. The lowest BCUT2D eigenvalue weighted by atomic mass is 9.96. The quantitative estimate of drug-likeness (QED) is 0.845. The molecule has 0 aromatic heterocycles. The van der Waals surface area contributed by atoms with Crippen molar-refractivity contribution in [1.29, 1.82) is 0 Å². The predicted molar refractivity (Wildman–Crippen MR) is 92.1 cm³/mol. The van der Waals surface area contributed by atoms with E-state index in [0.29, 0.717) is 5.92 Å². The Hall–Kier alpha value is -0.770. The molecule has 1 fully saturated rings. The Balaban J connectivity index is 0.00000220. The van der Waals surface area contributed by atoms with Gasteiger partial charge in [-0.1, -0.05) is 26.0 Å². The second-order valence-corrected chi connectivity index (χ2v) is 6.35. The second kappa shape index (κ2) is 8.62. The van der Waals surface area contributed by atoms with Crippen LogP contribution in [-0.4, -0.2) is 24.3 Å². The minimum Gasteiger partial charge on any atom is -0.391 e. The molecule has 3 nitrogen and oxygen atoms in total. The Morgan fingerprint density at radius 3 is 2.19 bits per heavy atom. The summed E-state index contributed by atoms with van der Waals surface area (Å²) in [5.74, 6) is 0.606. The number of halogens is 1. The van der Waals surface area contributed by atoms with E-state index in [1.165, 1.54) is 18.5 Å². The summed E-state index contributed by atoms with van der Waals surface area (Å²) >= 11 is 0. The zero-order chi connectivity index (χ0) is 14.5. The summed E-state index contributed by atoms with van der Waals surface area (Å²) in [5, 5.41) is 10.2. The minimum atomic E-state index is -0.449. The van der Waals surface area contributed by atoms with Crippen LogP contribution in [0.4, 0.5) is 5.69 Å². The Morgan fingerprint density at radius 1 is 1.10 bits per heavy atom. The highest BCUT2D eigenvalue weighted by Crippen LogP contribution is 2.24. The summed E-state index contributed by atoms with van der Waals surface area (Å²) in [6.07, 6.45) is 3.91. The predicted octanol–water partition coefficient (Wildman–Crippen LogP) is 3.51. The molecule has 0 bridgehead atoms. The van der Waals surface area contributed by atoms with Gasteiger partial charge in [0, 0.05) is 18.8 Å². The van der Waals surface area contributed by atoms with Crippen LogP contribution in [-0.2, 0) is 0 Å². The Kier molecular flexibility index (Phi) is 7.50. The van der Waals surface area contributed by atoms with Crippen molar-refractivity contribution in [3.8, 4) is 0 Å². The van der Waals surface area contributed by atoms with E-state index in [4.69, 9.17) is 5.73 Å². The first kappa shape index (κ1) is 18.3. The topological polar surface area (TPSA) is 49.5 Å². The van der Waals surface area contributed by atoms with Crippen LogP contribution in [0.5, 0.6) is 0 Å². The summed E-state index contributed by atoms with van der Waals surface area (Å²) in [7, 11) is 0. The molecule has 1 saturated heterocycles. The van der Waals surface area contributed by atoms with Crippen molar-refractivity contribution in [1.82, 2.24) is 0 Å². The average Bonchev–Trinajstić information content (AvgIpc) is 2.98. The van der Waals surface area contributed by atoms with E-state index in [0.717, 1.165) is 31.5 Å². The van der Waals surface area contributed by atoms with Gasteiger partial charge in [0.1, 0.15) is 0 Å². The van der Waals surface area contributed by atoms with Gasteiger partial charge in [0.05, 0.1) is 12.1 Å². The minimum absolute atomic E-state index is 0. The molecule has 0 amide bonds. The number of hydrogen-bond donors (Lipinski definition) is 2. The first-order valence-electron chi connectivity index (χ1n) is 7.86. The Morgan fingerprint density at radius 2 is 1.67 bits per heavy atom. The van der Waals surface area contributed by atoms with Crippen LogP contribution in [0.1, 0.15) is 51.1 Å². The monoisotopic (exact) mass is 312 g/mol. The van der Waals surface area contributed by atoms with Gasteiger partial charge in [-0.2, -0.15) is 0 Å². The van der Waals surface area contributed by atoms with Crippen molar-refractivity contribution in [2.45, 2.75) is 51.7 Å². The second-order valence-electron chi connectivity index (χ2n) is 6.35. The fourth-order valence-electron chi connectivity index (χ4n) is 2.79. The van der Waals surface area contributed by atoms with E-state index in [9.17, 15) is 5.11 Å². The first-order valence-corrected chi connectivity index (χ1v) is 7.86. The Labute approximate surface area is 134 Å². The third kappa shape index (κ3) is 5.17. The molecule has 1 heterocycles. The standard InChI is InChI=1S/C17H28N2O.ClH/c1-13(2)5-10-16(20)17(18)14-6-8-15(9-7-14)19-11-3-4-12-19;/h6-9,13,16-17,20H,3-5,10-12,18H2,1-2H3;1H/t16-,17+;/m1./s1. The summed E-state index contributed by atoms with van der Waals surface area (Å²) in [4.78, 5) is 2.41. The maximum Gasteiger partial charge on any atom is 0.0732 e. The lowest BCUT2D eigenvalue weighted by molar-refractivity contribution is 0.128. The fourth-order valence-corrected chi connectivity index (χ4v) is 2.79. The molecule has 0 saturated carbocycles. The third-order valence-corrected chi connectivity index (χ3v) is 4.20. The average molecular weight is 313 g/mol. The van der Waals surface area contributed by atoms with Crippen LogP contribution in [0.25, 0.3) is 0 Å². The highest BCUT2D eigenvalue weighted by atomic mass is 35.5. The molecule has 2 atom stereocenters. The van der Waals surface area contributed by atoms with Gasteiger partial charge in [-0.25, -0.2) is 0 Å². The van der Waals surface area contributed by atoms with Crippen molar-refractivity contribution in [2.24, 2.45) is 11.7 Å². The van der Waals surface area contributed by atoms with Crippen molar-refractivity contribution >= 4 is 18.1 Å².